The van der Waals surface area contributed by atoms with Crippen LogP contribution in [0.3, 0.4) is 0 Å². The van der Waals surface area contributed by atoms with Gasteiger partial charge in [0.05, 0.1) is 19.7 Å². The van der Waals surface area contributed by atoms with Gasteiger partial charge in [-0.3, -0.25) is 14.7 Å². The molecule has 2 aliphatic rings. The number of ether oxygens (including phenoxy) is 1. The third-order valence-corrected chi connectivity index (χ3v) is 5.85. The lowest BCUT2D eigenvalue weighted by atomic mass is 10.0. The van der Waals surface area contributed by atoms with Crippen molar-refractivity contribution in [1.29, 1.82) is 0 Å². The number of amides is 1. The quantitative estimate of drug-likeness (QED) is 0.349. The summed E-state index contributed by atoms with van der Waals surface area (Å²) in [4.78, 5) is 23.4. The molecule has 8 heteroatoms. The van der Waals surface area contributed by atoms with Crippen LogP contribution < -0.4 is 10.1 Å². The molecular formula is C22H36IN5O2. The van der Waals surface area contributed by atoms with Gasteiger partial charge < -0.3 is 19.9 Å². The number of para-hydroxylation sites is 1. The number of benzene rings is 1. The Morgan fingerprint density at radius 3 is 2.33 bits per heavy atom. The van der Waals surface area contributed by atoms with Crippen molar-refractivity contribution in [3.05, 3.63) is 29.8 Å². The number of nitrogens with zero attached hydrogens (tertiary/aromatic N) is 4. The molecule has 1 atom stereocenters. The molecule has 3 rings (SSSR count). The number of piperazine rings is 1. The molecular weight excluding hydrogens is 493 g/mol. The number of halogens is 1. The van der Waals surface area contributed by atoms with Crippen LogP contribution in [0.4, 0.5) is 0 Å². The fourth-order valence-electron chi connectivity index (χ4n) is 4.24. The highest BCUT2D eigenvalue weighted by atomic mass is 127. The smallest absolute Gasteiger partial charge is 0.219 e. The Morgan fingerprint density at radius 2 is 1.73 bits per heavy atom. The van der Waals surface area contributed by atoms with E-state index < -0.39 is 0 Å². The Morgan fingerprint density at radius 1 is 1.10 bits per heavy atom. The van der Waals surface area contributed by atoms with Crippen molar-refractivity contribution in [3.63, 3.8) is 0 Å². The van der Waals surface area contributed by atoms with Gasteiger partial charge >= 0.3 is 0 Å². The van der Waals surface area contributed by atoms with Gasteiger partial charge in [0.2, 0.25) is 5.91 Å². The Balaban J connectivity index is 0.00000320. The molecule has 0 saturated carbocycles. The first-order valence-electron chi connectivity index (χ1n) is 10.8. The Hall–Kier alpha value is -1.55. The maximum absolute atomic E-state index is 11.6. The largest absolute Gasteiger partial charge is 0.496 e. The van der Waals surface area contributed by atoms with Crippen LogP contribution in [0.1, 0.15) is 38.3 Å². The predicted molar refractivity (Wildman–Crippen MR) is 132 cm³/mol. The van der Waals surface area contributed by atoms with Crippen LogP contribution in [0, 0.1) is 0 Å². The van der Waals surface area contributed by atoms with Crippen LogP contribution in [-0.4, -0.2) is 86.0 Å². The molecule has 0 aromatic heterocycles. The van der Waals surface area contributed by atoms with E-state index in [1.165, 1.54) is 18.4 Å². The molecule has 2 saturated heterocycles. The Labute approximate surface area is 197 Å². The normalized spacial score (nSPS) is 18.7. The summed E-state index contributed by atoms with van der Waals surface area (Å²) < 4.78 is 5.65. The van der Waals surface area contributed by atoms with E-state index in [4.69, 9.17) is 9.73 Å². The fourth-order valence-corrected chi connectivity index (χ4v) is 4.24. The standard InChI is InChI=1S/C22H35N5O2.HI/c1-4-23-22(27-15-13-25(14-16-27)18(2)28)24-17-20(26-11-7-8-12-26)19-9-5-6-10-21(19)29-3;/h5-6,9-10,20H,4,7-8,11-17H2,1-3H3,(H,23,24);1H. The topological polar surface area (TPSA) is 60.4 Å². The third kappa shape index (κ3) is 6.23. The van der Waals surface area contributed by atoms with E-state index in [1.54, 1.807) is 14.0 Å². The lowest BCUT2D eigenvalue weighted by molar-refractivity contribution is -0.130. The number of hydrogen-bond acceptors (Lipinski definition) is 4. The molecule has 1 aromatic rings. The number of hydrogen-bond donors (Lipinski definition) is 1. The van der Waals surface area contributed by atoms with Gasteiger partial charge in [0.25, 0.3) is 0 Å². The molecule has 0 spiro atoms. The van der Waals surface area contributed by atoms with Crippen LogP contribution in [-0.2, 0) is 4.79 Å². The van der Waals surface area contributed by atoms with Crippen molar-refractivity contribution in [3.8, 4) is 5.75 Å². The van der Waals surface area contributed by atoms with Crippen molar-refractivity contribution < 1.29 is 9.53 Å². The van der Waals surface area contributed by atoms with E-state index in [2.05, 4.69) is 34.2 Å². The molecule has 0 bridgehead atoms. The second-order valence-corrected chi connectivity index (χ2v) is 7.69. The van der Waals surface area contributed by atoms with Gasteiger partial charge in [-0.25, -0.2) is 0 Å². The maximum Gasteiger partial charge on any atom is 0.219 e. The van der Waals surface area contributed by atoms with Gasteiger partial charge in [-0.05, 0) is 38.9 Å². The van der Waals surface area contributed by atoms with E-state index in [0.717, 1.165) is 57.5 Å². The SMILES string of the molecule is CCNC(=NCC(c1ccccc1OC)N1CCCC1)N1CCN(C(C)=O)CC1.I. The zero-order valence-electron chi connectivity index (χ0n) is 18.5. The molecule has 1 N–H and O–H groups in total. The number of aliphatic imine (C=N–C) groups is 1. The lowest BCUT2D eigenvalue weighted by Crippen LogP contribution is -2.53. The summed E-state index contributed by atoms with van der Waals surface area (Å²) in [7, 11) is 1.74. The number of rotatable bonds is 6. The maximum atomic E-state index is 11.6. The van der Waals surface area contributed by atoms with Crippen LogP contribution in [0.15, 0.2) is 29.3 Å². The van der Waals surface area contributed by atoms with Crippen LogP contribution in [0.25, 0.3) is 0 Å². The average molecular weight is 529 g/mol. The first kappa shape index (κ1) is 24.7. The van der Waals surface area contributed by atoms with Crippen LogP contribution in [0.5, 0.6) is 5.75 Å². The zero-order valence-corrected chi connectivity index (χ0v) is 20.8. The van der Waals surface area contributed by atoms with Gasteiger partial charge in [0, 0.05) is 45.2 Å². The lowest BCUT2D eigenvalue weighted by Gasteiger charge is -2.36. The number of guanidine groups is 1. The molecule has 30 heavy (non-hydrogen) atoms. The highest BCUT2D eigenvalue weighted by Crippen LogP contribution is 2.32. The fraction of sp³-hybridized carbons (Fsp3) is 0.636. The molecule has 1 unspecified atom stereocenters. The molecule has 7 nitrogen and oxygen atoms in total. The summed E-state index contributed by atoms with van der Waals surface area (Å²) in [6, 6.07) is 8.51. The minimum atomic E-state index is 0. The summed E-state index contributed by atoms with van der Waals surface area (Å²) in [6.07, 6.45) is 2.48. The summed E-state index contributed by atoms with van der Waals surface area (Å²) in [6.45, 7) is 10.6. The highest BCUT2D eigenvalue weighted by molar-refractivity contribution is 14.0. The van der Waals surface area contributed by atoms with Gasteiger partial charge in [-0.15, -0.1) is 24.0 Å². The number of carbonyl (C=O) groups excluding carboxylic acids is 1. The second-order valence-electron chi connectivity index (χ2n) is 7.69. The van der Waals surface area contributed by atoms with Crippen molar-refractivity contribution >= 4 is 35.8 Å². The number of methoxy groups -OCH3 is 1. The van der Waals surface area contributed by atoms with E-state index >= 15 is 0 Å². The molecule has 0 radical (unpaired) electrons. The van der Waals surface area contributed by atoms with E-state index in [9.17, 15) is 4.79 Å². The third-order valence-electron chi connectivity index (χ3n) is 5.85. The van der Waals surface area contributed by atoms with E-state index in [1.807, 2.05) is 17.0 Å². The zero-order chi connectivity index (χ0) is 20.6. The minimum absolute atomic E-state index is 0. The van der Waals surface area contributed by atoms with E-state index in [-0.39, 0.29) is 35.9 Å². The molecule has 1 aromatic carbocycles. The number of carbonyl (C=O) groups is 1. The van der Waals surface area contributed by atoms with Crippen molar-refractivity contribution in [1.82, 2.24) is 20.0 Å². The minimum Gasteiger partial charge on any atom is -0.496 e. The van der Waals surface area contributed by atoms with Crippen LogP contribution in [0.2, 0.25) is 0 Å². The van der Waals surface area contributed by atoms with Gasteiger partial charge in [-0.1, -0.05) is 18.2 Å². The Kier molecular flexibility index (Phi) is 10.2. The van der Waals surface area contributed by atoms with Crippen molar-refractivity contribution in [2.24, 2.45) is 4.99 Å². The molecule has 168 valence electrons. The van der Waals surface area contributed by atoms with Gasteiger partial charge in [-0.2, -0.15) is 0 Å². The van der Waals surface area contributed by atoms with E-state index in [0.29, 0.717) is 6.54 Å². The predicted octanol–water partition coefficient (Wildman–Crippen LogP) is 2.58. The Bertz CT molecular complexity index is 701. The van der Waals surface area contributed by atoms with Crippen molar-refractivity contribution in [2.45, 2.75) is 32.7 Å². The number of nitrogens with one attached hydrogen (secondary N) is 1. The first-order chi connectivity index (χ1) is 14.1. The average Bonchev–Trinajstić information content (AvgIpc) is 3.28. The molecule has 1 amide bonds. The molecule has 2 heterocycles. The molecule has 2 fully saturated rings. The van der Waals surface area contributed by atoms with Gasteiger partial charge in [0.1, 0.15) is 5.75 Å². The second kappa shape index (κ2) is 12.3. The monoisotopic (exact) mass is 529 g/mol. The summed E-state index contributed by atoms with van der Waals surface area (Å²) in [5.74, 6) is 2.02. The first-order valence-corrected chi connectivity index (χ1v) is 10.8. The highest BCUT2D eigenvalue weighted by Gasteiger charge is 2.27. The molecule has 2 aliphatic heterocycles. The summed E-state index contributed by atoms with van der Waals surface area (Å²) in [5, 5.41) is 3.45. The molecule has 0 aliphatic carbocycles. The summed E-state index contributed by atoms with van der Waals surface area (Å²) in [5.41, 5.74) is 1.21. The van der Waals surface area contributed by atoms with Gasteiger partial charge in [0.15, 0.2) is 5.96 Å². The van der Waals surface area contributed by atoms with Crippen LogP contribution >= 0.6 is 24.0 Å². The summed E-state index contributed by atoms with van der Waals surface area (Å²) >= 11 is 0. The number of likely N-dealkylation sites (tertiary alicyclic amines) is 1. The van der Waals surface area contributed by atoms with Crippen molar-refractivity contribution in [2.75, 3.05) is 59.5 Å².